The molecule has 37 heavy (non-hydrogen) atoms. The fourth-order valence-corrected chi connectivity index (χ4v) is 4.73. The molecule has 1 amide bonds. The summed E-state index contributed by atoms with van der Waals surface area (Å²) >= 11 is 0. The Kier molecular flexibility index (Phi) is 9.29. The second kappa shape index (κ2) is 12.2. The summed E-state index contributed by atoms with van der Waals surface area (Å²) in [4.78, 5) is 13.1. The van der Waals surface area contributed by atoms with Crippen LogP contribution in [-0.2, 0) is 20.2 Å². The molecule has 3 aromatic rings. The molecule has 0 radical (unpaired) electrons. The predicted octanol–water partition coefficient (Wildman–Crippen LogP) is 5.22. The van der Waals surface area contributed by atoms with Crippen molar-refractivity contribution in [2.45, 2.75) is 46.0 Å². The Hall–Kier alpha value is -3.43. The maximum Gasteiger partial charge on any atom is 0.240 e. The first-order valence-electron chi connectivity index (χ1n) is 12.3. The second-order valence-corrected chi connectivity index (χ2v) is 11.6. The van der Waals surface area contributed by atoms with Gasteiger partial charge in [-0.05, 0) is 42.3 Å². The van der Waals surface area contributed by atoms with Crippen LogP contribution < -0.4 is 10.1 Å². The SMILES string of the molecule is CCCCN(CC(=O)Nc1cc(C(C)(C)C)nn1-c1ccc(OC)cc1)S(=O)(=O)C=Cc1ccccc1. The fraction of sp³-hybridized carbons (Fsp3) is 0.357. The minimum atomic E-state index is -3.81. The zero-order valence-corrected chi connectivity index (χ0v) is 23.0. The van der Waals surface area contributed by atoms with Crippen LogP contribution in [0.2, 0.25) is 0 Å². The van der Waals surface area contributed by atoms with E-state index in [0.717, 1.165) is 28.8 Å². The number of amides is 1. The molecule has 0 aliphatic rings. The van der Waals surface area contributed by atoms with Crippen LogP contribution in [0.15, 0.2) is 66.1 Å². The Morgan fingerprint density at radius 1 is 1.11 bits per heavy atom. The number of ether oxygens (including phenoxy) is 1. The summed E-state index contributed by atoms with van der Waals surface area (Å²) in [5.41, 5.74) is 2.05. The van der Waals surface area contributed by atoms with Gasteiger partial charge in [0, 0.05) is 23.4 Å². The van der Waals surface area contributed by atoms with Crippen LogP contribution in [0.1, 0.15) is 51.8 Å². The van der Waals surface area contributed by atoms with Crippen LogP contribution in [0.25, 0.3) is 11.8 Å². The van der Waals surface area contributed by atoms with Crippen LogP contribution in [-0.4, -0.2) is 48.6 Å². The molecule has 0 saturated carbocycles. The molecule has 0 fully saturated rings. The Morgan fingerprint density at radius 2 is 1.78 bits per heavy atom. The van der Waals surface area contributed by atoms with Crippen LogP contribution in [0.4, 0.5) is 5.82 Å². The first-order chi connectivity index (χ1) is 17.5. The van der Waals surface area contributed by atoms with E-state index < -0.39 is 15.9 Å². The van der Waals surface area contributed by atoms with Crippen LogP contribution in [0, 0.1) is 0 Å². The molecule has 0 unspecified atom stereocenters. The lowest BCUT2D eigenvalue weighted by molar-refractivity contribution is -0.116. The molecule has 0 saturated heterocycles. The van der Waals surface area contributed by atoms with E-state index in [1.165, 1.54) is 4.31 Å². The lowest BCUT2D eigenvalue weighted by Gasteiger charge is -2.20. The van der Waals surface area contributed by atoms with Gasteiger partial charge in [-0.3, -0.25) is 4.79 Å². The number of carbonyl (C=O) groups excluding carboxylic acids is 1. The molecule has 1 heterocycles. The Labute approximate surface area is 220 Å². The fourth-order valence-electron chi connectivity index (χ4n) is 3.54. The number of benzene rings is 2. The second-order valence-electron chi connectivity index (χ2n) is 9.77. The summed E-state index contributed by atoms with van der Waals surface area (Å²) < 4.78 is 34.3. The number of carbonyl (C=O) groups is 1. The molecule has 1 aromatic heterocycles. The van der Waals surface area contributed by atoms with Gasteiger partial charge in [-0.15, -0.1) is 0 Å². The van der Waals surface area contributed by atoms with E-state index in [2.05, 4.69) is 5.32 Å². The minimum Gasteiger partial charge on any atom is -0.497 e. The standard InChI is InChI=1S/C28H36N4O4S/c1-6-7-18-31(37(34,35)19-17-22-11-9-8-10-12-22)21-27(33)29-26-20-25(28(2,3)4)30-32(26)23-13-15-24(36-5)16-14-23/h8-17,19-20H,6-7,18,21H2,1-5H3,(H,29,33). The number of rotatable bonds is 11. The zero-order chi connectivity index (χ0) is 27.1. The molecule has 0 aliphatic heterocycles. The highest BCUT2D eigenvalue weighted by molar-refractivity contribution is 7.92. The van der Waals surface area contributed by atoms with E-state index in [9.17, 15) is 13.2 Å². The van der Waals surface area contributed by atoms with Gasteiger partial charge in [-0.1, -0.05) is 64.4 Å². The molecule has 9 heteroatoms. The van der Waals surface area contributed by atoms with Crippen molar-refractivity contribution in [1.82, 2.24) is 14.1 Å². The maximum absolute atomic E-state index is 13.1. The van der Waals surface area contributed by atoms with Crippen molar-refractivity contribution in [1.29, 1.82) is 0 Å². The third-order valence-electron chi connectivity index (χ3n) is 5.74. The monoisotopic (exact) mass is 524 g/mol. The van der Waals surface area contributed by atoms with E-state index in [1.807, 2.05) is 88.4 Å². The van der Waals surface area contributed by atoms with Gasteiger partial charge >= 0.3 is 0 Å². The average Bonchev–Trinajstić information content (AvgIpc) is 3.30. The molecular formula is C28H36N4O4S. The summed E-state index contributed by atoms with van der Waals surface area (Å²) in [5, 5.41) is 8.76. The molecule has 1 N–H and O–H groups in total. The highest BCUT2D eigenvalue weighted by Gasteiger charge is 2.25. The molecule has 0 spiro atoms. The lowest BCUT2D eigenvalue weighted by atomic mass is 9.92. The average molecular weight is 525 g/mol. The van der Waals surface area contributed by atoms with Crippen molar-refractivity contribution in [2.24, 2.45) is 0 Å². The lowest BCUT2D eigenvalue weighted by Crippen LogP contribution is -2.37. The third kappa shape index (κ3) is 7.77. The number of methoxy groups -OCH3 is 1. The molecule has 0 atom stereocenters. The highest BCUT2D eigenvalue weighted by Crippen LogP contribution is 2.27. The number of aromatic nitrogens is 2. The molecule has 0 aliphatic carbocycles. The van der Waals surface area contributed by atoms with Crippen LogP contribution in [0.5, 0.6) is 5.75 Å². The predicted molar refractivity (Wildman–Crippen MR) is 148 cm³/mol. The van der Waals surface area contributed by atoms with Gasteiger partial charge in [-0.2, -0.15) is 9.40 Å². The van der Waals surface area contributed by atoms with Crippen molar-refractivity contribution < 1.29 is 17.9 Å². The van der Waals surface area contributed by atoms with E-state index >= 15 is 0 Å². The largest absolute Gasteiger partial charge is 0.497 e. The van der Waals surface area contributed by atoms with Crippen molar-refractivity contribution in [3.05, 3.63) is 77.3 Å². The first kappa shape index (κ1) is 28.1. The van der Waals surface area contributed by atoms with Gasteiger partial charge in [-0.25, -0.2) is 13.1 Å². The molecule has 3 rings (SSSR count). The normalized spacial score (nSPS) is 12.3. The van der Waals surface area contributed by atoms with Gasteiger partial charge in [0.15, 0.2) is 0 Å². The summed E-state index contributed by atoms with van der Waals surface area (Å²) in [5.74, 6) is 0.730. The highest BCUT2D eigenvalue weighted by atomic mass is 32.2. The zero-order valence-electron chi connectivity index (χ0n) is 22.1. The number of hydrogen-bond acceptors (Lipinski definition) is 5. The molecule has 8 nitrogen and oxygen atoms in total. The van der Waals surface area contributed by atoms with Gasteiger partial charge in [0.2, 0.25) is 15.9 Å². The molecule has 0 bridgehead atoms. The quantitative estimate of drug-likeness (QED) is 0.371. The summed E-state index contributed by atoms with van der Waals surface area (Å²) in [7, 11) is -2.22. The third-order valence-corrected chi connectivity index (χ3v) is 7.25. The van der Waals surface area contributed by atoms with E-state index in [0.29, 0.717) is 18.0 Å². The minimum absolute atomic E-state index is 0.246. The van der Waals surface area contributed by atoms with Gasteiger partial charge in [0.25, 0.3) is 0 Å². The van der Waals surface area contributed by atoms with Crippen molar-refractivity contribution in [3.8, 4) is 11.4 Å². The molecular weight excluding hydrogens is 488 g/mol. The van der Waals surface area contributed by atoms with E-state index in [4.69, 9.17) is 9.84 Å². The number of unbranched alkanes of at least 4 members (excludes halogenated alkanes) is 1. The van der Waals surface area contributed by atoms with Gasteiger partial charge < -0.3 is 10.1 Å². The van der Waals surface area contributed by atoms with E-state index in [-0.39, 0.29) is 18.5 Å². The van der Waals surface area contributed by atoms with E-state index in [1.54, 1.807) is 17.9 Å². The molecule has 2 aromatic carbocycles. The van der Waals surface area contributed by atoms with Crippen molar-refractivity contribution >= 4 is 27.8 Å². The smallest absolute Gasteiger partial charge is 0.240 e. The number of sulfonamides is 1. The Morgan fingerprint density at radius 3 is 2.38 bits per heavy atom. The van der Waals surface area contributed by atoms with Crippen LogP contribution >= 0.6 is 0 Å². The summed E-state index contributed by atoms with van der Waals surface area (Å²) in [6, 6.07) is 18.3. The first-order valence-corrected chi connectivity index (χ1v) is 13.8. The number of anilines is 1. The molecule has 198 valence electrons. The van der Waals surface area contributed by atoms with Gasteiger partial charge in [0.1, 0.15) is 11.6 Å². The topological polar surface area (TPSA) is 93.5 Å². The number of nitrogens with zero attached hydrogens (tertiary/aromatic N) is 3. The Balaban J connectivity index is 1.85. The van der Waals surface area contributed by atoms with Crippen molar-refractivity contribution in [2.75, 3.05) is 25.5 Å². The maximum atomic E-state index is 13.1. The summed E-state index contributed by atoms with van der Waals surface area (Å²) in [6.45, 7) is 8.04. The Bertz CT molecular complexity index is 1310. The van der Waals surface area contributed by atoms with Crippen molar-refractivity contribution in [3.63, 3.8) is 0 Å². The number of hydrogen-bond donors (Lipinski definition) is 1. The summed E-state index contributed by atoms with van der Waals surface area (Å²) in [6.07, 6.45) is 2.99. The van der Waals surface area contributed by atoms with Gasteiger partial charge in [0.05, 0.1) is 25.0 Å². The van der Waals surface area contributed by atoms with Crippen LogP contribution in [0.3, 0.4) is 0 Å². The number of nitrogens with one attached hydrogen (secondary N) is 1.